The van der Waals surface area contributed by atoms with Gasteiger partial charge in [0.1, 0.15) is 11.6 Å². The molecule has 0 saturated heterocycles. The molecule has 0 radical (unpaired) electrons. The van der Waals surface area contributed by atoms with Crippen molar-refractivity contribution in [3.05, 3.63) is 59.1 Å². The summed E-state index contributed by atoms with van der Waals surface area (Å²) in [6.45, 7) is -0.272. The largest absolute Gasteiger partial charge is 0.484 e. The molecule has 3 aliphatic carbocycles. The summed E-state index contributed by atoms with van der Waals surface area (Å²) < 4.78 is 18.9. The molecule has 3 fully saturated rings. The molecule has 3 N–H and O–H groups in total. The van der Waals surface area contributed by atoms with E-state index in [1.165, 1.54) is 12.1 Å². The van der Waals surface area contributed by atoms with Crippen LogP contribution in [0, 0.1) is 5.82 Å². The number of amides is 2. The Hall–Kier alpha value is -2.71. The number of hydrogen-bond acceptors (Lipinski definition) is 5. The molecule has 2 amide bonds. The van der Waals surface area contributed by atoms with Crippen LogP contribution in [0.3, 0.4) is 0 Å². The van der Waals surface area contributed by atoms with Crippen molar-refractivity contribution in [1.82, 2.24) is 15.6 Å². The van der Waals surface area contributed by atoms with Crippen molar-refractivity contribution in [2.45, 2.75) is 55.7 Å². The van der Waals surface area contributed by atoms with E-state index < -0.39 is 23.0 Å². The Bertz CT molecular complexity index is 996. The predicted octanol–water partition coefficient (Wildman–Crippen LogP) is 2.54. The van der Waals surface area contributed by atoms with E-state index in [0.717, 1.165) is 11.6 Å². The minimum atomic E-state index is -0.769. The number of halogens is 2. The zero-order valence-corrected chi connectivity index (χ0v) is 18.2. The molecule has 2 bridgehead atoms. The first-order chi connectivity index (χ1) is 15.3. The van der Waals surface area contributed by atoms with Crippen molar-refractivity contribution in [3.63, 3.8) is 0 Å². The van der Waals surface area contributed by atoms with Crippen molar-refractivity contribution in [2.75, 3.05) is 6.61 Å². The van der Waals surface area contributed by atoms with Crippen molar-refractivity contribution < 1.29 is 23.8 Å². The van der Waals surface area contributed by atoms with Gasteiger partial charge in [0.05, 0.1) is 23.1 Å². The summed E-state index contributed by atoms with van der Waals surface area (Å²) >= 11 is 5.65. The minimum absolute atomic E-state index is 0.0184. The molecule has 2 aromatic rings. The summed E-state index contributed by atoms with van der Waals surface area (Å²) in [5.74, 6) is -0.906. The topological polar surface area (TPSA) is 101 Å². The molecule has 170 valence electrons. The van der Waals surface area contributed by atoms with Gasteiger partial charge in [0.2, 0.25) is 5.91 Å². The highest BCUT2D eigenvalue weighted by atomic mass is 35.5. The second kappa shape index (κ2) is 9.03. The molecule has 9 heteroatoms. The van der Waals surface area contributed by atoms with Gasteiger partial charge in [-0.1, -0.05) is 17.7 Å². The molecule has 7 nitrogen and oxygen atoms in total. The number of pyridine rings is 1. The van der Waals surface area contributed by atoms with Gasteiger partial charge in [-0.25, -0.2) is 4.39 Å². The fourth-order valence-electron chi connectivity index (χ4n) is 4.72. The maximum Gasteiger partial charge on any atom is 0.258 e. The number of nitrogens with zero attached hydrogens (tertiary/aromatic N) is 1. The van der Waals surface area contributed by atoms with E-state index in [-0.39, 0.29) is 35.6 Å². The third kappa shape index (κ3) is 4.86. The molecule has 1 aromatic heterocycles. The predicted molar refractivity (Wildman–Crippen MR) is 116 cm³/mol. The average molecular weight is 462 g/mol. The molecular weight excluding hydrogens is 437 g/mol. The highest BCUT2D eigenvalue weighted by molar-refractivity contribution is 6.30. The molecule has 1 atom stereocenters. The second-order valence-corrected chi connectivity index (χ2v) is 9.06. The van der Waals surface area contributed by atoms with Gasteiger partial charge in [-0.3, -0.25) is 14.6 Å². The van der Waals surface area contributed by atoms with Crippen LogP contribution in [0.15, 0.2) is 42.7 Å². The Balaban J connectivity index is 1.31. The first kappa shape index (κ1) is 22.5. The number of hydrogen-bond donors (Lipinski definition) is 3. The van der Waals surface area contributed by atoms with Gasteiger partial charge in [0.25, 0.3) is 5.91 Å². The number of ether oxygens (including phenoxy) is 1. The van der Waals surface area contributed by atoms with Crippen molar-refractivity contribution in [2.24, 2.45) is 0 Å². The number of fused-ring (bicyclic) bond motifs is 3. The lowest BCUT2D eigenvalue weighted by atomic mass is 9.60. The lowest BCUT2D eigenvalue weighted by Gasteiger charge is -2.56. The van der Waals surface area contributed by atoms with Crippen LogP contribution in [0.1, 0.15) is 37.7 Å². The lowest BCUT2D eigenvalue weighted by Crippen LogP contribution is -2.70. The number of nitrogens with one attached hydrogen (secondary N) is 2. The Kier molecular flexibility index (Phi) is 6.35. The number of carbonyl (C=O) groups excluding carboxylic acids is 2. The number of carbonyl (C=O) groups is 2. The SMILES string of the molecule is O=C(COc1ccc(Cl)c(F)c1)NC12CCC(NC(=O)Cc3cccnc3)(CC1)[C@@H](O)C2. The van der Waals surface area contributed by atoms with E-state index in [1.54, 1.807) is 18.5 Å². The van der Waals surface area contributed by atoms with Gasteiger partial charge in [-0.2, -0.15) is 0 Å². The summed E-state index contributed by atoms with van der Waals surface area (Å²) in [5.41, 5.74) is -0.408. The zero-order chi connectivity index (χ0) is 22.8. The minimum Gasteiger partial charge on any atom is -0.484 e. The summed E-state index contributed by atoms with van der Waals surface area (Å²) in [6.07, 6.45) is 5.49. The second-order valence-electron chi connectivity index (χ2n) is 8.66. The van der Waals surface area contributed by atoms with Crippen LogP contribution < -0.4 is 15.4 Å². The van der Waals surface area contributed by atoms with E-state index in [2.05, 4.69) is 15.6 Å². The molecule has 0 spiro atoms. The standard InChI is InChI=1S/C23H25ClFN3O4/c24-17-4-3-16(11-18(17)25)32-14-21(31)27-22-5-7-23(8-6-22,19(29)12-22)28-20(30)10-15-2-1-9-26-13-15/h1-4,9,11,13,19,29H,5-8,10,12,14H2,(H,27,31)(H,28,30)/t19-,22?,23?/m0/s1. The Morgan fingerprint density at radius 3 is 2.62 bits per heavy atom. The molecule has 1 aromatic carbocycles. The maximum absolute atomic E-state index is 13.5. The lowest BCUT2D eigenvalue weighted by molar-refractivity contribution is -0.135. The van der Waals surface area contributed by atoms with E-state index in [9.17, 15) is 19.1 Å². The average Bonchev–Trinajstić information content (AvgIpc) is 2.76. The quantitative estimate of drug-likeness (QED) is 0.588. The molecule has 1 heterocycles. The van der Waals surface area contributed by atoms with E-state index in [4.69, 9.17) is 16.3 Å². The van der Waals surface area contributed by atoms with Crippen molar-refractivity contribution in [1.29, 1.82) is 0 Å². The Morgan fingerprint density at radius 2 is 1.97 bits per heavy atom. The van der Waals surface area contributed by atoms with E-state index in [1.807, 2.05) is 6.07 Å². The third-order valence-corrected chi connectivity index (χ3v) is 6.77. The monoisotopic (exact) mass is 461 g/mol. The summed E-state index contributed by atoms with van der Waals surface area (Å²) in [5, 5.41) is 16.9. The Morgan fingerprint density at radius 1 is 1.19 bits per heavy atom. The molecule has 0 aliphatic heterocycles. The maximum atomic E-state index is 13.5. The summed E-state index contributed by atoms with van der Waals surface area (Å²) in [6, 6.07) is 7.60. The molecule has 5 rings (SSSR count). The first-order valence-corrected chi connectivity index (χ1v) is 10.9. The normalized spacial score (nSPS) is 26.4. The molecule has 0 unspecified atom stereocenters. The van der Waals surface area contributed by atoms with Crippen LogP contribution in [-0.2, 0) is 16.0 Å². The highest BCUT2D eigenvalue weighted by Gasteiger charge is 2.55. The fourth-order valence-corrected chi connectivity index (χ4v) is 4.84. The molecule has 32 heavy (non-hydrogen) atoms. The number of aromatic nitrogens is 1. The van der Waals surface area contributed by atoms with Crippen LogP contribution in [0.2, 0.25) is 5.02 Å². The Labute approximate surface area is 190 Å². The molecule has 3 saturated carbocycles. The number of aliphatic hydroxyl groups excluding tert-OH is 1. The van der Waals surface area contributed by atoms with Gasteiger partial charge >= 0.3 is 0 Å². The third-order valence-electron chi connectivity index (χ3n) is 6.46. The van der Waals surface area contributed by atoms with Crippen LogP contribution >= 0.6 is 11.6 Å². The van der Waals surface area contributed by atoms with Gasteiger partial charge in [-0.15, -0.1) is 0 Å². The van der Waals surface area contributed by atoms with Gasteiger partial charge in [-0.05, 0) is 55.9 Å². The first-order valence-electron chi connectivity index (χ1n) is 10.6. The van der Waals surface area contributed by atoms with E-state index in [0.29, 0.717) is 32.1 Å². The number of aliphatic hydroxyl groups is 1. The number of benzene rings is 1. The van der Waals surface area contributed by atoms with Gasteiger partial charge in [0, 0.05) is 24.0 Å². The van der Waals surface area contributed by atoms with Crippen LogP contribution in [0.4, 0.5) is 4.39 Å². The fraction of sp³-hybridized carbons (Fsp3) is 0.435. The van der Waals surface area contributed by atoms with Gasteiger partial charge < -0.3 is 20.5 Å². The van der Waals surface area contributed by atoms with Crippen LogP contribution in [0.5, 0.6) is 5.75 Å². The molecular formula is C23H25ClFN3O4. The summed E-state index contributed by atoms with van der Waals surface area (Å²) in [4.78, 5) is 29.1. The van der Waals surface area contributed by atoms with Crippen molar-refractivity contribution >= 4 is 23.4 Å². The van der Waals surface area contributed by atoms with Crippen LogP contribution in [0.25, 0.3) is 0 Å². The molecule has 3 aliphatic rings. The summed E-state index contributed by atoms with van der Waals surface area (Å²) in [7, 11) is 0. The highest BCUT2D eigenvalue weighted by Crippen LogP contribution is 2.47. The smallest absolute Gasteiger partial charge is 0.258 e. The number of rotatable bonds is 7. The van der Waals surface area contributed by atoms with Gasteiger partial charge in [0.15, 0.2) is 6.61 Å². The van der Waals surface area contributed by atoms with Crippen molar-refractivity contribution in [3.8, 4) is 5.75 Å². The van der Waals surface area contributed by atoms with E-state index >= 15 is 0 Å². The van der Waals surface area contributed by atoms with Crippen LogP contribution in [-0.4, -0.2) is 45.7 Å². The zero-order valence-electron chi connectivity index (χ0n) is 17.4.